The predicted octanol–water partition coefficient (Wildman–Crippen LogP) is 2.96. The minimum absolute atomic E-state index is 0.0216. The van der Waals surface area contributed by atoms with Crippen LogP contribution in [0.25, 0.3) is 5.70 Å². The van der Waals surface area contributed by atoms with Gasteiger partial charge in [-0.3, -0.25) is 10.1 Å². The first-order chi connectivity index (χ1) is 8.22. The Kier molecular flexibility index (Phi) is 3.37. The first kappa shape index (κ1) is 11.6. The van der Waals surface area contributed by atoms with Crippen molar-refractivity contribution in [2.45, 2.75) is 12.8 Å². The second-order valence-corrected chi connectivity index (χ2v) is 3.99. The van der Waals surface area contributed by atoms with Crippen molar-refractivity contribution in [2.75, 3.05) is 13.1 Å². The molecule has 90 valence electrons. The van der Waals surface area contributed by atoms with E-state index in [4.69, 9.17) is 0 Å². The van der Waals surface area contributed by atoms with Crippen LogP contribution < -0.4 is 0 Å². The molecule has 0 unspecified atom stereocenters. The van der Waals surface area contributed by atoms with Gasteiger partial charge in [0.25, 0.3) is 5.69 Å². The van der Waals surface area contributed by atoms with E-state index in [1.54, 1.807) is 12.1 Å². The molecule has 2 rings (SSSR count). The van der Waals surface area contributed by atoms with Crippen LogP contribution in [0.15, 0.2) is 30.6 Å². The normalized spacial score (nSPS) is 16.3. The zero-order valence-corrected chi connectivity index (χ0v) is 9.30. The number of hydrogen-bond acceptors (Lipinski definition) is 3. The van der Waals surface area contributed by atoms with Crippen molar-refractivity contribution < 1.29 is 9.31 Å². The summed E-state index contributed by atoms with van der Waals surface area (Å²) in [6, 6.07) is 5.97. The maximum absolute atomic E-state index is 12.9. The smallest absolute Gasteiger partial charge is 0.269 e. The van der Waals surface area contributed by atoms with Gasteiger partial charge in [0, 0.05) is 30.8 Å². The fraction of sp³-hybridized carbons (Fsp3) is 0.333. The van der Waals surface area contributed by atoms with Crippen molar-refractivity contribution >= 4 is 11.4 Å². The van der Waals surface area contributed by atoms with E-state index < -0.39 is 4.92 Å². The summed E-state index contributed by atoms with van der Waals surface area (Å²) in [5.41, 5.74) is 1.21. The second kappa shape index (κ2) is 4.95. The van der Waals surface area contributed by atoms with Crippen LogP contribution in [-0.2, 0) is 0 Å². The Morgan fingerprint density at radius 2 is 1.88 bits per heavy atom. The molecule has 0 saturated carbocycles. The zero-order chi connectivity index (χ0) is 12.3. The van der Waals surface area contributed by atoms with E-state index in [1.165, 1.54) is 12.1 Å². The van der Waals surface area contributed by atoms with Gasteiger partial charge in [-0.2, -0.15) is 0 Å². The fourth-order valence-corrected chi connectivity index (χ4v) is 2.03. The molecule has 0 radical (unpaired) electrons. The van der Waals surface area contributed by atoms with Gasteiger partial charge in [-0.15, -0.1) is 0 Å². The van der Waals surface area contributed by atoms with E-state index in [2.05, 4.69) is 0 Å². The number of nitro groups is 1. The Bertz CT molecular complexity index is 436. The molecule has 0 amide bonds. The molecular formula is C12H13FN2O2. The number of non-ortho nitro benzene ring substituents is 1. The summed E-state index contributed by atoms with van der Waals surface area (Å²) >= 11 is 0. The van der Waals surface area contributed by atoms with Crippen LogP contribution in [0.1, 0.15) is 18.4 Å². The molecule has 1 heterocycles. The molecule has 1 saturated heterocycles. The third-order valence-corrected chi connectivity index (χ3v) is 2.92. The summed E-state index contributed by atoms with van der Waals surface area (Å²) in [6.45, 7) is 1.68. The Hall–Kier alpha value is -1.91. The van der Waals surface area contributed by atoms with Gasteiger partial charge in [0.05, 0.1) is 10.6 Å². The molecule has 0 aliphatic carbocycles. The first-order valence-electron chi connectivity index (χ1n) is 5.52. The van der Waals surface area contributed by atoms with E-state index in [0.29, 0.717) is 17.6 Å². The molecule has 17 heavy (non-hydrogen) atoms. The lowest BCUT2D eigenvalue weighted by Crippen LogP contribution is -2.17. The topological polar surface area (TPSA) is 46.4 Å². The average molecular weight is 236 g/mol. The molecule has 1 aromatic rings. The first-order valence-corrected chi connectivity index (χ1v) is 5.52. The standard InChI is InChI=1S/C12H13FN2O2/c13-9-12(14-7-1-2-8-14)10-3-5-11(6-4-10)15(16)17/h3-6,9H,1-2,7-8H2/b12-9+. The average Bonchev–Trinajstić information content (AvgIpc) is 2.84. The van der Waals surface area contributed by atoms with Gasteiger partial charge < -0.3 is 4.90 Å². The lowest BCUT2D eigenvalue weighted by molar-refractivity contribution is -0.384. The highest BCUT2D eigenvalue weighted by molar-refractivity contribution is 5.64. The molecule has 0 aromatic heterocycles. The number of rotatable bonds is 3. The summed E-state index contributed by atoms with van der Waals surface area (Å²) in [4.78, 5) is 12.0. The van der Waals surface area contributed by atoms with E-state index in [0.717, 1.165) is 25.9 Å². The number of nitro benzene ring substituents is 1. The molecule has 0 spiro atoms. The van der Waals surface area contributed by atoms with Gasteiger partial charge in [-0.25, -0.2) is 4.39 Å². The third-order valence-electron chi connectivity index (χ3n) is 2.92. The van der Waals surface area contributed by atoms with Gasteiger partial charge in [-0.05, 0) is 25.0 Å². The molecule has 5 heteroatoms. The van der Waals surface area contributed by atoms with Crippen LogP contribution in [0.5, 0.6) is 0 Å². The highest BCUT2D eigenvalue weighted by Crippen LogP contribution is 2.25. The van der Waals surface area contributed by atoms with Gasteiger partial charge >= 0.3 is 0 Å². The molecule has 1 aromatic carbocycles. The predicted molar refractivity (Wildman–Crippen MR) is 63.0 cm³/mol. The Morgan fingerprint density at radius 3 is 2.35 bits per heavy atom. The monoisotopic (exact) mass is 236 g/mol. The lowest BCUT2D eigenvalue weighted by Gasteiger charge is -2.20. The molecule has 1 aliphatic heterocycles. The molecule has 1 aliphatic rings. The molecule has 0 N–H and O–H groups in total. The summed E-state index contributed by atoms with van der Waals surface area (Å²) < 4.78 is 12.9. The minimum atomic E-state index is -0.460. The molecule has 0 atom stereocenters. The van der Waals surface area contributed by atoms with Crippen molar-refractivity contribution in [1.29, 1.82) is 0 Å². The second-order valence-electron chi connectivity index (χ2n) is 3.99. The highest BCUT2D eigenvalue weighted by Gasteiger charge is 2.17. The number of benzene rings is 1. The maximum Gasteiger partial charge on any atom is 0.269 e. The van der Waals surface area contributed by atoms with Gasteiger partial charge in [0.2, 0.25) is 0 Å². The Labute approximate surface area is 98.5 Å². The van der Waals surface area contributed by atoms with Crippen LogP contribution >= 0.6 is 0 Å². The van der Waals surface area contributed by atoms with E-state index in [9.17, 15) is 14.5 Å². The van der Waals surface area contributed by atoms with E-state index >= 15 is 0 Å². The zero-order valence-electron chi connectivity index (χ0n) is 9.30. The summed E-state index contributed by atoms with van der Waals surface area (Å²) in [5, 5.41) is 10.5. The van der Waals surface area contributed by atoms with Crippen LogP contribution in [0.3, 0.4) is 0 Å². The van der Waals surface area contributed by atoms with Crippen molar-refractivity contribution in [3.8, 4) is 0 Å². The third kappa shape index (κ3) is 2.43. The number of nitrogens with zero attached hydrogens (tertiary/aromatic N) is 2. The quantitative estimate of drug-likeness (QED) is 0.598. The Morgan fingerprint density at radius 1 is 1.29 bits per heavy atom. The van der Waals surface area contributed by atoms with E-state index in [1.807, 2.05) is 4.90 Å². The van der Waals surface area contributed by atoms with Crippen molar-refractivity contribution in [1.82, 2.24) is 4.90 Å². The molecule has 0 bridgehead atoms. The van der Waals surface area contributed by atoms with Crippen molar-refractivity contribution in [3.63, 3.8) is 0 Å². The number of hydrogen-bond donors (Lipinski definition) is 0. The van der Waals surface area contributed by atoms with Gasteiger partial charge in [0.15, 0.2) is 0 Å². The fourth-order valence-electron chi connectivity index (χ4n) is 2.03. The van der Waals surface area contributed by atoms with Crippen LogP contribution in [0.2, 0.25) is 0 Å². The van der Waals surface area contributed by atoms with E-state index in [-0.39, 0.29) is 5.69 Å². The molecular weight excluding hydrogens is 223 g/mol. The Balaban J connectivity index is 2.22. The van der Waals surface area contributed by atoms with Gasteiger partial charge in [-0.1, -0.05) is 0 Å². The van der Waals surface area contributed by atoms with Gasteiger partial charge in [0.1, 0.15) is 6.33 Å². The van der Waals surface area contributed by atoms with Crippen molar-refractivity contribution in [2.24, 2.45) is 0 Å². The SMILES string of the molecule is O=[N+]([O-])c1ccc(/C(=C\F)N2CCCC2)cc1. The number of likely N-dealkylation sites (tertiary alicyclic amines) is 1. The van der Waals surface area contributed by atoms with Crippen LogP contribution in [-0.4, -0.2) is 22.9 Å². The molecule has 1 fully saturated rings. The summed E-state index contributed by atoms with van der Waals surface area (Å²) in [6.07, 6.45) is 2.70. The largest absolute Gasteiger partial charge is 0.369 e. The maximum atomic E-state index is 12.9. The summed E-state index contributed by atoms with van der Waals surface area (Å²) in [7, 11) is 0. The van der Waals surface area contributed by atoms with Crippen LogP contribution in [0.4, 0.5) is 10.1 Å². The highest BCUT2D eigenvalue weighted by atomic mass is 19.1. The summed E-state index contributed by atoms with van der Waals surface area (Å²) in [5.74, 6) is 0. The number of halogens is 1. The molecule has 4 nitrogen and oxygen atoms in total. The van der Waals surface area contributed by atoms with Crippen LogP contribution in [0, 0.1) is 10.1 Å². The lowest BCUT2D eigenvalue weighted by atomic mass is 10.1. The van der Waals surface area contributed by atoms with Crippen molar-refractivity contribution in [3.05, 3.63) is 46.3 Å². The minimum Gasteiger partial charge on any atom is -0.369 e.